The van der Waals surface area contributed by atoms with E-state index in [2.05, 4.69) is 20.5 Å². The Hall–Kier alpha value is -3.04. The Balaban J connectivity index is 1.73. The van der Waals surface area contributed by atoms with Gasteiger partial charge in [-0.1, -0.05) is 29.8 Å². The molecule has 3 aromatic rings. The largest absolute Gasteiger partial charge is 0.289 e. The smallest absolute Gasteiger partial charge is 0.258 e. The highest BCUT2D eigenvalue weighted by molar-refractivity contribution is 7.89. The van der Waals surface area contributed by atoms with Crippen molar-refractivity contribution < 1.29 is 13.2 Å². The minimum atomic E-state index is -3.54. The van der Waals surface area contributed by atoms with Crippen LogP contribution >= 0.6 is 0 Å². The van der Waals surface area contributed by atoms with Crippen molar-refractivity contribution in [1.29, 1.82) is 0 Å². The highest BCUT2D eigenvalue weighted by Gasteiger charge is 2.18. The van der Waals surface area contributed by atoms with Gasteiger partial charge in [-0.15, -0.1) is 5.10 Å². The zero-order chi connectivity index (χ0) is 19.6. The van der Waals surface area contributed by atoms with E-state index >= 15 is 0 Å². The van der Waals surface area contributed by atoms with Gasteiger partial charge in [-0.25, -0.2) is 12.7 Å². The predicted octanol–water partition coefficient (Wildman–Crippen LogP) is 2.28. The van der Waals surface area contributed by atoms with Gasteiger partial charge in [0.05, 0.1) is 4.90 Å². The number of anilines is 1. The second kappa shape index (κ2) is 7.29. The fourth-order valence-electron chi connectivity index (χ4n) is 2.32. The second-order valence-corrected chi connectivity index (χ2v) is 8.29. The SMILES string of the molecule is Cc1ccc(-c2nc(NC(=O)c3ccc(S(=O)(=O)N(C)C)cc3)n[nH]2)cc1. The molecular formula is C18H19N5O3S. The molecule has 0 aliphatic heterocycles. The molecule has 0 fully saturated rings. The summed E-state index contributed by atoms with van der Waals surface area (Å²) >= 11 is 0. The molecule has 0 spiro atoms. The van der Waals surface area contributed by atoms with Crippen molar-refractivity contribution in [3.8, 4) is 11.4 Å². The number of nitrogens with zero attached hydrogens (tertiary/aromatic N) is 3. The van der Waals surface area contributed by atoms with E-state index in [4.69, 9.17) is 0 Å². The number of nitrogens with one attached hydrogen (secondary N) is 2. The van der Waals surface area contributed by atoms with Gasteiger partial charge < -0.3 is 0 Å². The molecular weight excluding hydrogens is 366 g/mol. The lowest BCUT2D eigenvalue weighted by molar-refractivity contribution is 0.102. The van der Waals surface area contributed by atoms with E-state index in [1.807, 2.05) is 31.2 Å². The van der Waals surface area contributed by atoms with Crippen LogP contribution in [-0.4, -0.2) is 47.9 Å². The lowest BCUT2D eigenvalue weighted by atomic mass is 10.1. The van der Waals surface area contributed by atoms with Crippen LogP contribution in [0, 0.1) is 6.92 Å². The van der Waals surface area contributed by atoms with Gasteiger partial charge in [0, 0.05) is 25.2 Å². The maximum Gasteiger partial charge on any atom is 0.258 e. The minimum Gasteiger partial charge on any atom is -0.289 e. The van der Waals surface area contributed by atoms with Crippen LogP contribution in [0.4, 0.5) is 5.95 Å². The van der Waals surface area contributed by atoms with Crippen LogP contribution in [0.3, 0.4) is 0 Å². The molecule has 2 aromatic carbocycles. The average Bonchev–Trinajstić information content (AvgIpc) is 3.10. The van der Waals surface area contributed by atoms with Crippen LogP contribution in [0.1, 0.15) is 15.9 Å². The van der Waals surface area contributed by atoms with Gasteiger partial charge in [0.2, 0.25) is 16.0 Å². The van der Waals surface area contributed by atoms with Crippen molar-refractivity contribution in [1.82, 2.24) is 19.5 Å². The third-order valence-electron chi connectivity index (χ3n) is 3.93. The molecule has 3 rings (SSSR count). The number of carbonyl (C=O) groups is 1. The number of aryl methyl sites for hydroxylation is 1. The van der Waals surface area contributed by atoms with Crippen molar-refractivity contribution in [3.05, 3.63) is 59.7 Å². The van der Waals surface area contributed by atoms with Crippen LogP contribution in [-0.2, 0) is 10.0 Å². The number of amides is 1. The van der Waals surface area contributed by atoms with Crippen molar-refractivity contribution in [3.63, 3.8) is 0 Å². The first-order valence-corrected chi connectivity index (χ1v) is 9.55. The molecule has 0 aliphatic rings. The molecule has 1 aromatic heterocycles. The van der Waals surface area contributed by atoms with E-state index in [0.29, 0.717) is 11.4 Å². The average molecular weight is 385 g/mol. The van der Waals surface area contributed by atoms with Gasteiger partial charge in [0.1, 0.15) is 0 Å². The molecule has 8 nitrogen and oxygen atoms in total. The van der Waals surface area contributed by atoms with Gasteiger partial charge in [0.15, 0.2) is 5.82 Å². The number of carbonyl (C=O) groups excluding carboxylic acids is 1. The van der Waals surface area contributed by atoms with Crippen molar-refractivity contribution in [2.45, 2.75) is 11.8 Å². The fourth-order valence-corrected chi connectivity index (χ4v) is 3.22. The Morgan fingerprint density at radius 1 is 1.04 bits per heavy atom. The number of H-pyrrole nitrogens is 1. The van der Waals surface area contributed by atoms with Gasteiger partial charge >= 0.3 is 0 Å². The molecule has 2 N–H and O–H groups in total. The summed E-state index contributed by atoms with van der Waals surface area (Å²) in [6.07, 6.45) is 0. The maximum atomic E-state index is 12.3. The summed E-state index contributed by atoms with van der Waals surface area (Å²) in [6, 6.07) is 13.4. The van der Waals surface area contributed by atoms with Crippen LogP contribution in [0.5, 0.6) is 0 Å². The number of sulfonamides is 1. The first kappa shape index (κ1) is 18.7. The summed E-state index contributed by atoms with van der Waals surface area (Å²) in [4.78, 5) is 16.7. The zero-order valence-electron chi connectivity index (χ0n) is 15.1. The third-order valence-corrected chi connectivity index (χ3v) is 5.76. The van der Waals surface area contributed by atoms with E-state index < -0.39 is 15.9 Å². The second-order valence-electron chi connectivity index (χ2n) is 6.14. The zero-order valence-corrected chi connectivity index (χ0v) is 15.9. The predicted molar refractivity (Wildman–Crippen MR) is 102 cm³/mol. The van der Waals surface area contributed by atoms with Gasteiger partial charge in [-0.3, -0.25) is 15.2 Å². The number of aromatic amines is 1. The van der Waals surface area contributed by atoms with Crippen LogP contribution in [0.2, 0.25) is 0 Å². The number of rotatable bonds is 5. The topological polar surface area (TPSA) is 108 Å². The summed E-state index contributed by atoms with van der Waals surface area (Å²) in [5.74, 6) is 0.247. The Kier molecular flexibility index (Phi) is 5.06. The highest BCUT2D eigenvalue weighted by Crippen LogP contribution is 2.18. The first-order valence-electron chi connectivity index (χ1n) is 8.11. The Labute approximate surface area is 157 Å². The third kappa shape index (κ3) is 4.04. The van der Waals surface area contributed by atoms with E-state index in [1.54, 1.807) is 0 Å². The van der Waals surface area contributed by atoms with Crippen LogP contribution in [0.15, 0.2) is 53.4 Å². The van der Waals surface area contributed by atoms with E-state index in [9.17, 15) is 13.2 Å². The molecule has 0 atom stereocenters. The summed E-state index contributed by atoms with van der Waals surface area (Å²) in [5.41, 5.74) is 2.28. The lowest BCUT2D eigenvalue weighted by Crippen LogP contribution is -2.22. The Bertz CT molecular complexity index is 1060. The number of benzene rings is 2. The van der Waals surface area contributed by atoms with Gasteiger partial charge in [-0.05, 0) is 31.2 Å². The molecule has 0 unspecified atom stereocenters. The monoisotopic (exact) mass is 385 g/mol. The maximum absolute atomic E-state index is 12.3. The standard InChI is InChI=1S/C18H19N5O3S/c1-12-4-6-13(7-5-12)16-19-18(22-21-16)20-17(24)14-8-10-15(11-9-14)27(25,26)23(2)3/h4-11H,1-3H3,(H2,19,20,21,22,24). The molecule has 0 saturated heterocycles. The minimum absolute atomic E-state index is 0.114. The summed E-state index contributed by atoms with van der Waals surface area (Å²) < 4.78 is 25.2. The first-order chi connectivity index (χ1) is 12.8. The Morgan fingerprint density at radius 3 is 2.26 bits per heavy atom. The van der Waals surface area contributed by atoms with E-state index in [0.717, 1.165) is 15.4 Å². The lowest BCUT2D eigenvalue weighted by Gasteiger charge is -2.11. The molecule has 1 heterocycles. The summed E-state index contributed by atoms with van der Waals surface area (Å²) in [7, 11) is -0.638. The molecule has 0 aliphatic carbocycles. The molecule has 0 bridgehead atoms. The van der Waals surface area contributed by atoms with E-state index in [1.165, 1.54) is 38.4 Å². The van der Waals surface area contributed by atoms with Crippen molar-refractivity contribution in [2.75, 3.05) is 19.4 Å². The van der Waals surface area contributed by atoms with Crippen molar-refractivity contribution in [2.24, 2.45) is 0 Å². The molecule has 0 radical (unpaired) electrons. The molecule has 1 amide bonds. The molecule has 140 valence electrons. The molecule has 9 heteroatoms. The van der Waals surface area contributed by atoms with E-state index in [-0.39, 0.29) is 10.8 Å². The summed E-state index contributed by atoms with van der Waals surface area (Å²) in [6.45, 7) is 1.99. The van der Waals surface area contributed by atoms with Crippen molar-refractivity contribution >= 4 is 21.9 Å². The summed E-state index contributed by atoms with van der Waals surface area (Å²) in [5, 5.41) is 9.36. The normalized spacial score (nSPS) is 11.6. The highest BCUT2D eigenvalue weighted by atomic mass is 32.2. The molecule has 27 heavy (non-hydrogen) atoms. The van der Waals surface area contributed by atoms with Gasteiger partial charge in [0.25, 0.3) is 5.91 Å². The van der Waals surface area contributed by atoms with Crippen LogP contribution in [0.25, 0.3) is 11.4 Å². The number of hydrogen-bond acceptors (Lipinski definition) is 5. The molecule has 0 saturated carbocycles. The Morgan fingerprint density at radius 2 is 1.67 bits per heavy atom. The fraction of sp³-hybridized carbons (Fsp3) is 0.167. The quantitative estimate of drug-likeness (QED) is 0.700. The number of aromatic nitrogens is 3. The van der Waals surface area contributed by atoms with Gasteiger partial charge in [-0.2, -0.15) is 4.98 Å². The number of hydrogen-bond donors (Lipinski definition) is 2. The van der Waals surface area contributed by atoms with Crippen LogP contribution < -0.4 is 5.32 Å².